The summed E-state index contributed by atoms with van der Waals surface area (Å²) < 4.78 is 1.90. The number of likely N-dealkylation sites (tertiary alicyclic amines) is 1. The van der Waals surface area contributed by atoms with E-state index in [1.165, 1.54) is 0 Å². The number of benzene rings is 1. The van der Waals surface area contributed by atoms with Crippen LogP contribution in [0.25, 0.3) is 5.69 Å². The van der Waals surface area contributed by atoms with Crippen LogP contribution in [-0.4, -0.2) is 33.7 Å². The highest BCUT2D eigenvalue weighted by molar-refractivity contribution is 6.32. The number of halogens is 1. The Labute approximate surface area is 161 Å². The topological polar surface area (TPSA) is 38.1 Å². The number of para-hydroxylation sites is 1. The van der Waals surface area contributed by atoms with Gasteiger partial charge in [0.1, 0.15) is 0 Å². The smallest absolute Gasteiger partial charge is 0.257 e. The van der Waals surface area contributed by atoms with Crippen molar-refractivity contribution in [2.45, 2.75) is 52.9 Å². The van der Waals surface area contributed by atoms with Crippen molar-refractivity contribution in [2.24, 2.45) is 5.92 Å². The minimum absolute atomic E-state index is 0.125. The fourth-order valence-corrected chi connectivity index (χ4v) is 3.88. The van der Waals surface area contributed by atoms with Gasteiger partial charge in [-0.15, -0.1) is 0 Å². The molecular formula is C21H28ClN3O. The van der Waals surface area contributed by atoms with E-state index in [9.17, 15) is 4.79 Å². The van der Waals surface area contributed by atoms with Crippen LogP contribution in [0.5, 0.6) is 0 Å². The Morgan fingerprint density at radius 3 is 2.38 bits per heavy atom. The quantitative estimate of drug-likeness (QED) is 0.732. The van der Waals surface area contributed by atoms with Crippen LogP contribution in [0, 0.1) is 5.92 Å². The number of carbonyl (C=O) groups is 1. The second-order valence-corrected chi connectivity index (χ2v) is 8.23. The first kappa shape index (κ1) is 19.0. The zero-order chi connectivity index (χ0) is 18.8. The second-order valence-electron chi connectivity index (χ2n) is 7.82. The summed E-state index contributed by atoms with van der Waals surface area (Å²) in [6.45, 7) is 10.2. The third kappa shape index (κ3) is 3.66. The fourth-order valence-electron chi connectivity index (χ4n) is 3.66. The molecule has 0 unspecified atom stereocenters. The Hall–Kier alpha value is -1.81. The monoisotopic (exact) mass is 373 g/mol. The summed E-state index contributed by atoms with van der Waals surface area (Å²) in [5, 5.41) is 5.53. The molecule has 140 valence electrons. The number of rotatable bonds is 5. The maximum Gasteiger partial charge on any atom is 0.257 e. The van der Waals surface area contributed by atoms with Gasteiger partial charge in [-0.3, -0.25) is 4.79 Å². The molecule has 1 aliphatic heterocycles. The van der Waals surface area contributed by atoms with Crippen molar-refractivity contribution in [3.8, 4) is 5.69 Å². The van der Waals surface area contributed by atoms with Gasteiger partial charge in [0, 0.05) is 13.1 Å². The van der Waals surface area contributed by atoms with Gasteiger partial charge in [0.25, 0.3) is 5.91 Å². The van der Waals surface area contributed by atoms with Gasteiger partial charge in [-0.1, -0.05) is 51.4 Å². The van der Waals surface area contributed by atoms with E-state index in [1.54, 1.807) is 0 Å². The van der Waals surface area contributed by atoms with E-state index in [0.717, 1.165) is 55.0 Å². The van der Waals surface area contributed by atoms with E-state index in [0.29, 0.717) is 10.9 Å². The summed E-state index contributed by atoms with van der Waals surface area (Å²) in [4.78, 5) is 15.3. The Balaban J connectivity index is 2.19. The van der Waals surface area contributed by atoms with E-state index in [2.05, 4.69) is 27.7 Å². The maximum absolute atomic E-state index is 13.3. The number of carbonyl (C=O) groups excluding carboxylic acids is 1. The van der Waals surface area contributed by atoms with Crippen LogP contribution in [0.15, 0.2) is 24.3 Å². The van der Waals surface area contributed by atoms with Gasteiger partial charge in [-0.2, -0.15) is 5.10 Å². The number of nitrogens with zero attached hydrogens (tertiary/aromatic N) is 3. The lowest BCUT2D eigenvalue weighted by molar-refractivity contribution is 0.0790. The Bertz CT molecular complexity index is 789. The third-order valence-corrected chi connectivity index (χ3v) is 5.15. The number of aromatic nitrogens is 2. The van der Waals surface area contributed by atoms with Gasteiger partial charge in [-0.25, -0.2) is 4.68 Å². The zero-order valence-electron chi connectivity index (χ0n) is 16.1. The van der Waals surface area contributed by atoms with E-state index in [4.69, 9.17) is 16.7 Å². The van der Waals surface area contributed by atoms with Gasteiger partial charge in [-0.05, 0) is 43.2 Å². The SMILES string of the molecule is CC(C)Cc1nn(-c2ccccc2Cl)c(C(C)C)c1C(=O)N1CCCC1. The van der Waals surface area contributed by atoms with Gasteiger partial charge in [0.05, 0.1) is 27.7 Å². The van der Waals surface area contributed by atoms with Gasteiger partial charge >= 0.3 is 0 Å². The van der Waals surface area contributed by atoms with Crippen LogP contribution >= 0.6 is 11.6 Å². The Morgan fingerprint density at radius 2 is 1.81 bits per heavy atom. The van der Waals surface area contributed by atoms with Gasteiger partial charge < -0.3 is 4.90 Å². The van der Waals surface area contributed by atoms with Gasteiger partial charge in [0.15, 0.2) is 0 Å². The first-order chi connectivity index (χ1) is 12.4. The van der Waals surface area contributed by atoms with Crippen LogP contribution in [0.3, 0.4) is 0 Å². The van der Waals surface area contributed by atoms with Crippen molar-refractivity contribution in [3.05, 3.63) is 46.2 Å². The van der Waals surface area contributed by atoms with E-state index in [1.807, 2.05) is 33.8 Å². The van der Waals surface area contributed by atoms with Crippen molar-refractivity contribution in [1.82, 2.24) is 14.7 Å². The molecule has 0 spiro atoms. The molecule has 1 aliphatic rings. The van der Waals surface area contributed by atoms with E-state index in [-0.39, 0.29) is 11.8 Å². The van der Waals surface area contributed by atoms with Crippen LogP contribution < -0.4 is 0 Å². The van der Waals surface area contributed by atoms with Crippen molar-refractivity contribution in [2.75, 3.05) is 13.1 Å². The number of hydrogen-bond acceptors (Lipinski definition) is 2. The molecule has 4 nitrogen and oxygen atoms in total. The molecule has 5 heteroatoms. The molecule has 0 saturated carbocycles. The number of hydrogen-bond donors (Lipinski definition) is 0. The van der Waals surface area contributed by atoms with Crippen LogP contribution in [0.1, 0.15) is 68.2 Å². The summed E-state index contributed by atoms with van der Waals surface area (Å²) >= 11 is 6.45. The molecule has 1 aromatic carbocycles. The predicted octanol–water partition coefficient (Wildman–Crippen LogP) is 5.08. The Morgan fingerprint density at radius 1 is 1.15 bits per heavy atom. The summed E-state index contributed by atoms with van der Waals surface area (Å²) in [7, 11) is 0. The highest BCUT2D eigenvalue weighted by Gasteiger charge is 2.31. The molecule has 0 aliphatic carbocycles. The standard InChI is InChI=1S/C21H28ClN3O/c1-14(2)13-17-19(21(26)24-11-7-8-12-24)20(15(3)4)25(23-17)18-10-6-5-9-16(18)22/h5-6,9-10,14-15H,7-8,11-13H2,1-4H3. The first-order valence-corrected chi connectivity index (χ1v) is 9.94. The molecule has 0 atom stereocenters. The third-order valence-electron chi connectivity index (χ3n) is 4.83. The molecule has 1 fully saturated rings. The molecule has 0 radical (unpaired) electrons. The molecule has 0 bridgehead atoms. The maximum atomic E-state index is 13.3. The lowest BCUT2D eigenvalue weighted by Gasteiger charge is -2.19. The highest BCUT2D eigenvalue weighted by Crippen LogP contribution is 2.31. The molecule has 3 rings (SSSR count). The summed E-state index contributed by atoms with van der Waals surface area (Å²) in [5.41, 5.74) is 3.48. The molecule has 0 N–H and O–H groups in total. The Kier molecular flexibility index (Phi) is 5.71. The molecule has 2 aromatic rings. The highest BCUT2D eigenvalue weighted by atomic mass is 35.5. The number of amides is 1. The van der Waals surface area contributed by atoms with E-state index >= 15 is 0 Å². The minimum atomic E-state index is 0.125. The average molecular weight is 374 g/mol. The molecule has 26 heavy (non-hydrogen) atoms. The van der Waals surface area contributed by atoms with Crippen molar-refractivity contribution in [3.63, 3.8) is 0 Å². The minimum Gasteiger partial charge on any atom is -0.339 e. The van der Waals surface area contributed by atoms with Crippen LogP contribution in [-0.2, 0) is 6.42 Å². The molecule has 1 amide bonds. The van der Waals surface area contributed by atoms with E-state index < -0.39 is 0 Å². The van der Waals surface area contributed by atoms with Gasteiger partial charge in [0.2, 0.25) is 0 Å². The summed E-state index contributed by atoms with van der Waals surface area (Å²) in [6.07, 6.45) is 2.95. The molecule has 2 heterocycles. The summed E-state index contributed by atoms with van der Waals surface area (Å²) in [5.74, 6) is 0.719. The van der Waals surface area contributed by atoms with Crippen LogP contribution in [0.4, 0.5) is 0 Å². The molecule has 1 aromatic heterocycles. The normalized spacial score (nSPS) is 14.7. The lowest BCUT2D eigenvalue weighted by Crippen LogP contribution is -2.29. The predicted molar refractivity (Wildman–Crippen MR) is 106 cm³/mol. The largest absolute Gasteiger partial charge is 0.339 e. The van der Waals surface area contributed by atoms with Crippen molar-refractivity contribution in [1.29, 1.82) is 0 Å². The zero-order valence-corrected chi connectivity index (χ0v) is 16.9. The van der Waals surface area contributed by atoms with Crippen molar-refractivity contribution < 1.29 is 4.79 Å². The second kappa shape index (κ2) is 7.83. The average Bonchev–Trinajstić information content (AvgIpc) is 3.22. The van der Waals surface area contributed by atoms with Crippen molar-refractivity contribution >= 4 is 17.5 Å². The lowest BCUT2D eigenvalue weighted by atomic mass is 9.98. The molecular weight excluding hydrogens is 346 g/mol. The molecule has 1 saturated heterocycles. The first-order valence-electron chi connectivity index (χ1n) is 9.56. The van der Waals surface area contributed by atoms with Crippen LogP contribution in [0.2, 0.25) is 5.02 Å². The summed E-state index contributed by atoms with van der Waals surface area (Å²) in [6, 6.07) is 7.70. The fraction of sp³-hybridized carbons (Fsp3) is 0.524.